The van der Waals surface area contributed by atoms with Crippen LogP contribution in [-0.4, -0.2) is 11.9 Å². The number of nitrogens with one attached hydrogen (secondary N) is 1. The van der Waals surface area contributed by atoms with E-state index in [1.165, 1.54) is 0 Å². The van der Waals surface area contributed by atoms with E-state index in [1.807, 2.05) is 20.8 Å². The number of amides is 1. The summed E-state index contributed by atoms with van der Waals surface area (Å²) in [5, 5.41) is 2.91. The van der Waals surface area contributed by atoms with E-state index in [-0.39, 0.29) is 17.9 Å². The van der Waals surface area contributed by atoms with Gasteiger partial charge in [-0.1, -0.05) is 11.6 Å². The molecule has 80 valence electrons. The summed E-state index contributed by atoms with van der Waals surface area (Å²) < 4.78 is 0. The fourth-order valence-corrected chi connectivity index (χ4v) is 1.31. The molecule has 0 saturated heterocycles. The fraction of sp³-hybridized carbons (Fsp3) is 0.583. The summed E-state index contributed by atoms with van der Waals surface area (Å²) in [7, 11) is 0. The lowest BCUT2D eigenvalue weighted by atomic mass is 9.96. The molecule has 0 saturated carbocycles. The van der Waals surface area contributed by atoms with Gasteiger partial charge in [-0.05, 0) is 33.6 Å². The largest absolute Gasteiger partial charge is 0.354 e. The summed E-state index contributed by atoms with van der Waals surface area (Å²) >= 11 is 0. The van der Waals surface area contributed by atoms with Crippen molar-refractivity contribution in [3.63, 3.8) is 0 Å². The maximum Gasteiger partial charge on any atom is 0.223 e. The molecule has 0 radical (unpaired) electrons. The van der Waals surface area contributed by atoms with Crippen LogP contribution in [0.15, 0.2) is 24.8 Å². The minimum Gasteiger partial charge on any atom is -0.354 e. The molecule has 0 aliphatic carbocycles. The Morgan fingerprint density at radius 2 is 2.07 bits per heavy atom. The highest BCUT2D eigenvalue weighted by Crippen LogP contribution is 2.14. The molecule has 14 heavy (non-hydrogen) atoms. The third-order valence-corrected chi connectivity index (χ3v) is 1.85. The van der Waals surface area contributed by atoms with E-state index in [0.29, 0.717) is 6.42 Å². The lowest BCUT2D eigenvalue weighted by Gasteiger charge is -2.17. The fourth-order valence-electron chi connectivity index (χ4n) is 1.31. The Morgan fingerprint density at radius 1 is 1.50 bits per heavy atom. The number of allylic oxidation sites excluding steroid dienone is 2. The Labute approximate surface area is 87.1 Å². The zero-order valence-electron chi connectivity index (χ0n) is 9.47. The molecule has 2 heteroatoms. The zero-order valence-corrected chi connectivity index (χ0v) is 9.47. The molecular formula is C12H21NO. The first-order valence-electron chi connectivity index (χ1n) is 5.03. The van der Waals surface area contributed by atoms with Crippen molar-refractivity contribution in [1.29, 1.82) is 0 Å². The third-order valence-electron chi connectivity index (χ3n) is 1.85. The summed E-state index contributed by atoms with van der Waals surface area (Å²) in [6.07, 6.45) is 3.24. The second-order valence-electron chi connectivity index (χ2n) is 4.05. The van der Waals surface area contributed by atoms with Crippen LogP contribution in [0.5, 0.6) is 0 Å². The Kier molecular flexibility index (Phi) is 5.93. The van der Waals surface area contributed by atoms with Crippen LogP contribution in [0.25, 0.3) is 0 Å². The van der Waals surface area contributed by atoms with Gasteiger partial charge in [0, 0.05) is 12.0 Å². The van der Waals surface area contributed by atoms with Gasteiger partial charge in [0.1, 0.15) is 0 Å². The summed E-state index contributed by atoms with van der Waals surface area (Å²) in [5.41, 5.74) is 1.04. The number of rotatable bonds is 6. The van der Waals surface area contributed by atoms with Crippen LogP contribution < -0.4 is 5.32 Å². The van der Waals surface area contributed by atoms with Crippen molar-refractivity contribution >= 4 is 5.91 Å². The second-order valence-corrected chi connectivity index (χ2v) is 4.05. The molecule has 0 aromatic carbocycles. The van der Waals surface area contributed by atoms with Gasteiger partial charge in [0.2, 0.25) is 5.91 Å². The average molecular weight is 195 g/mol. The van der Waals surface area contributed by atoms with E-state index in [2.05, 4.69) is 18.5 Å². The molecule has 2 nitrogen and oxygen atoms in total. The van der Waals surface area contributed by atoms with E-state index in [1.54, 1.807) is 6.08 Å². The van der Waals surface area contributed by atoms with Crippen molar-refractivity contribution in [2.75, 3.05) is 0 Å². The number of hydrogen-bond donors (Lipinski definition) is 1. The maximum absolute atomic E-state index is 11.7. The molecule has 0 spiro atoms. The summed E-state index contributed by atoms with van der Waals surface area (Å²) in [4.78, 5) is 11.7. The topological polar surface area (TPSA) is 29.1 Å². The molecular weight excluding hydrogens is 174 g/mol. The van der Waals surface area contributed by atoms with E-state index in [4.69, 9.17) is 0 Å². The van der Waals surface area contributed by atoms with Crippen LogP contribution in [0.3, 0.4) is 0 Å². The predicted octanol–water partition coefficient (Wildman–Crippen LogP) is 2.67. The summed E-state index contributed by atoms with van der Waals surface area (Å²) in [6.45, 7) is 13.4. The Morgan fingerprint density at radius 3 is 2.43 bits per heavy atom. The second kappa shape index (κ2) is 6.41. The van der Waals surface area contributed by atoms with Crippen LogP contribution in [-0.2, 0) is 4.79 Å². The van der Waals surface area contributed by atoms with E-state index in [0.717, 1.165) is 12.0 Å². The average Bonchev–Trinajstić information content (AvgIpc) is 2.01. The maximum atomic E-state index is 11.7. The highest BCUT2D eigenvalue weighted by molar-refractivity contribution is 5.79. The number of carbonyl (C=O) groups is 1. The first kappa shape index (κ1) is 12.9. The Balaban J connectivity index is 4.24. The van der Waals surface area contributed by atoms with Gasteiger partial charge in [0.15, 0.2) is 0 Å². The number of carbonyl (C=O) groups excluding carboxylic acids is 1. The molecule has 1 atom stereocenters. The lowest BCUT2D eigenvalue weighted by Crippen LogP contribution is -2.35. The summed E-state index contributed by atoms with van der Waals surface area (Å²) in [5.74, 6) is 0.0929. The van der Waals surface area contributed by atoms with Gasteiger partial charge in [0.25, 0.3) is 0 Å². The smallest absolute Gasteiger partial charge is 0.223 e. The van der Waals surface area contributed by atoms with Gasteiger partial charge in [0.05, 0.1) is 0 Å². The quantitative estimate of drug-likeness (QED) is 0.649. The van der Waals surface area contributed by atoms with E-state index >= 15 is 0 Å². The van der Waals surface area contributed by atoms with Gasteiger partial charge < -0.3 is 5.32 Å². The summed E-state index contributed by atoms with van der Waals surface area (Å²) in [6, 6.07) is 0.194. The van der Waals surface area contributed by atoms with Crippen molar-refractivity contribution in [3.05, 3.63) is 24.8 Å². The standard InChI is InChI=1S/C12H21NO/c1-6-7-11(8-9(2)3)12(14)13-10(4)5/h6,10-11H,1-2,7-8H2,3-5H3,(H,13,14). The highest BCUT2D eigenvalue weighted by Gasteiger charge is 2.17. The van der Waals surface area contributed by atoms with Crippen LogP contribution in [0.2, 0.25) is 0 Å². The van der Waals surface area contributed by atoms with Crippen LogP contribution in [0.4, 0.5) is 0 Å². The highest BCUT2D eigenvalue weighted by atomic mass is 16.1. The van der Waals surface area contributed by atoms with Gasteiger partial charge in [-0.3, -0.25) is 4.79 Å². The molecule has 0 aromatic rings. The van der Waals surface area contributed by atoms with Crippen LogP contribution in [0.1, 0.15) is 33.6 Å². The first-order valence-corrected chi connectivity index (χ1v) is 5.03. The molecule has 0 aliphatic heterocycles. The van der Waals surface area contributed by atoms with E-state index < -0.39 is 0 Å². The van der Waals surface area contributed by atoms with E-state index in [9.17, 15) is 4.79 Å². The number of hydrogen-bond acceptors (Lipinski definition) is 1. The molecule has 0 heterocycles. The van der Waals surface area contributed by atoms with Crippen molar-refractivity contribution < 1.29 is 4.79 Å². The Hall–Kier alpha value is -1.05. The first-order chi connectivity index (χ1) is 6.47. The molecule has 0 fully saturated rings. The Bertz CT molecular complexity index is 218. The SMILES string of the molecule is C=CCC(CC(=C)C)C(=O)NC(C)C. The van der Waals surface area contributed by atoms with Gasteiger partial charge in [-0.25, -0.2) is 0 Å². The van der Waals surface area contributed by atoms with Crippen molar-refractivity contribution in [1.82, 2.24) is 5.32 Å². The van der Waals surface area contributed by atoms with Gasteiger partial charge in [-0.15, -0.1) is 13.2 Å². The van der Waals surface area contributed by atoms with Gasteiger partial charge in [-0.2, -0.15) is 0 Å². The molecule has 0 rings (SSSR count). The van der Waals surface area contributed by atoms with Crippen molar-refractivity contribution in [3.8, 4) is 0 Å². The molecule has 0 aliphatic rings. The lowest BCUT2D eigenvalue weighted by molar-refractivity contribution is -0.125. The van der Waals surface area contributed by atoms with Crippen LogP contribution in [0, 0.1) is 5.92 Å². The molecule has 0 bridgehead atoms. The molecule has 1 unspecified atom stereocenters. The minimum absolute atomic E-state index is 0.00704. The third kappa shape index (κ3) is 5.57. The predicted molar refractivity (Wildman–Crippen MR) is 61.0 cm³/mol. The zero-order chi connectivity index (χ0) is 11.1. The molecule has 1 amide bonds. The normalized spacial score (nSPS) is 12.3. The molecule has 0 aromatic heterocycles. The monoisotopic (exact) mass is 195 g/mol. The minimum atomic E-state index is -0.00704. The van der Waals surface area contributed by atoms with Gasteiger partial charge >= 0.3 is 0 Å². The molecule has 1 N–H and O–H groups in total. The van der Waals surface area contributed by atoms with Crippen molar-refractivity contribution in [2.24, 2.45) is 5.92 Å². The van der Waals surface area contributed by atoms with Crippen LogP contribution >= 0.6 is 0 Å². The van der Waals surface area contributed by atoms with Crippen molar-refractivity contribution in [2.45, 2.75) is 39.7 Å².